The number of hydrogen-bond donors (Lipinski definition) is 0. The number of thiophene rings is 1. The summed E-state index contributed by atoms with van der Waals surface area (Å²) in [4.78, 5) is 1.24. The molecule has 2 aromatic heterocycles. The molecule has 0 aliphatic heterocycles. The molecule has 0 aliphatic carbocycles. The van der Waals surface area contributed by atoms with Gasteiger partial charge in [0.25, 0.3) is 0 Å². The molecule has 3 rings (SSSR count). The highest BCUT2D eigenvalue weighted by Crippen LogP contribution is 2.28. The highest BCUT2D eigenvalue weighted by Gasteiger charge is 2.04. The Morgan fingerprint density at radius 3 is 2.67 bits per heavy atom. The van der Waals surface area contributed by atoms with E-state index >= 15 is 0 Å². The molecule has 3 nitrogen and oxygen atoms in total. The summed E-state index contributed by atoms with van der Waals surface area (Å²) in [5.41, 5.74) is 1.02. The molecule has 0 saturated carbocycles. The van der Waals surface area contributed by atoms with Gasteiger partial charge in [0, 0.05) is 4.88 Å². The Morgan fingerprint density at radius 1 is 1.11 bits per heavy atom. The second kappa shape index (κ2) is 4.66. The quantitative estimate of drug-likeness (QED) is 0.707. The first-order chi connectivity index (χ1) is 8.81. The summed E-state index contributed by atoms with van der Waals surface area (Å²) in [6, 6.07) is 14.0. The maximum Gasteiger partial charge on any atom is 0.181 e. The van der Waals surface area contributed by atoms with Gasteiger partial charge in [-0.05, 0) is 31.2 Å². The molecule has 3 aromatic rings. The zero-order valence-corrected chi connectivity index (χ0v) is 10.7. The van der Waals surface area contributed by atoms with Crippen LogP contribution < -0.4 is 4.74 Å². The van der Waals surface area contributed by atoms with Gasteiger partial charge < -0.3 is 4.74 Å². The van der Waals surface area contributed by atoms with Crippen molar-refractivity contribution in [2.24, 2.45) is 0 Å². The van der Waals surface area contributed by atoms with E-state index in [1.165, 1.54) is 4.88 Å². The van der Waals surface area contributed by atoms with Crippen LogP contribution in [0.2, 0.25) is 0 Å². The van der Waals surface area contributed by atoms with E-state index in [-0.39, 0.29) is 0 Å². The van der Waals surface area contributed by atoms with E-state index in [1.807, 2.05) is 48.7 Å². The van der Waals surface area contributed by atoms with Crippen LogP contribution in [0, 0.1) is 6.92 Å². The van der Waals surface area contributed by atoms with Crippen molar-refractivity contribution in [2.45, 2.75) is 6.92 Å². The van der Waals surface area contributed by atoms with Crippen molar-refractivity contribution in [1.29, 1.82) is 0 Å². The molecule has 0 saturated heterocycles. The van der Waals surface area contributed by atoms with Gasteiger partial charge in [0.1, 0.15) is 0 Å². The number of aromatic nitrogens is 2. The average Bonchev–Trinajstić information content (AvgIpc) is 3.01. The van der Waals surface area contributed by atoms with Crippen LogP contribution in [0.15, 0.2) is 54.9 Å². The average molecular weight is 256 g/mol. The lowest BCUT2D eigenvalue weighted by Gasteiger charge is -1.99. The van der Waals surface area contributed by atoms with Crippen molar-refractivity contribution in [1.82, 2.24) is 9.78 Å². The highest BCUT2D eigenvalue weighted by atomic mass is 32.1. The zero-order chi connectivity index (χ0) is 12.4. The van der Waals surface area contributed by atoms with Gasteiger partial charge in [-0.2, -0.15) is 5.10 Å². The van der Waals surface area contributed by atoms with Crippen molar-refractivity contribution in [2.75, 3.05) is 0 Å². The molecule has 4 heteroatoms. The topological polar surface area (TPSA) is 27.1 Å². The molecule has 0 spiro atoms. The SMILES string of the molecule is Cc1ccc(Oc2cnn(-c3ccccc3)c2)s1. The van der Waals surface area contributed by atoms with E-state index in [2.05, 4.69) is 12.0 Å². The fourth-order valence-electron chi connectivity index (χ4n) is 1.66. The van der Waals surface area contributed by atoms with E-state index in [9.17, 15) is 0 Å². The Balaban J connectivity index is 1.82. The molecule has 0 atom stereocenters. The third kappa shape index (κ3) is 2.28. The largest absolute Gasteiger partial charge is 0.443 e. The molecular formula is C14H12N2OS. The number of nitrogens with zero attached hydrogens (tertiary/aromatic N) is 2. The minimum absolute atomic E-state index is 0.751. The molecule has 0 aliphatic rings. The lowest BCUT2D eigenvalue weighted by Crippen LogP contribution is -1.92. The summed E-state index contributed by atoms with van der Waals surface area (Å²) in [5, 5.41) is 5.17. The van der Waals surface area contributed by atoms with Gasteiger partial charge in [-0.25, -0.2) is 4.68 Å². The fourth-order valence-corrected chi connectivity index (χ4v) is 2.39. The van der Waals surface area contributed by atoms with Gasteiger partial charge in [0.05, 0.1) is 18.1 Å². The van der Waals surface area contributed by atoms with Gasteiger partial charge in [0.15, 0.2) is 10.8 Å². The molecular weight excluding hydrogens is 244 g/mol. The first-order valence-corrected chi connectivity index (χ1v) is 6.47. The van der Waals surface area contributed by atoms with Crippen molar-refractivity contribution in [3.63, 3.8) is 0 Å². The van der Waals surface area contributed by atoms with Crippen LogP contribution in [0.3, 0.4) is 0 Å². The van der Waals surface area contributed by atoms with Gasteiger partial charge >= 0.3 is 0 Å². The van der Waals surface area contributed by atoms with E-state index in [4.69, 9.17) is 4.74 Å². The van der Waals surface area contributed by atoms with Gasteiger partial charge in [-0.1, -0.05) is 18.2 Å². The number of ether oxygens (including phenoxy) is 1. The normalized spacial score (nSPS) is 10.5. The molecule has 90 valence electrons. The van der Waals surface area contributed by atoms with E-state index in [0.29, 0.717) is 0 Å². The maximum absolute atomic E-state index is 5.74. The standard InChI is InChI=1S/C14H12N2OS/c1-11-7-8-14(18-11)17-13-9-15-16(10-13)12-5-3-2-4-6-12/h2-10H,1H3. The van der Waals surface area contributed by atoms with Crippen LogP contribution in [0.1, 0.15) is 4.88 Å². The van der Waals surface area contributed by atoms with Crippen LogP contribution >= 0.6 is 11.3 Å². The fraction of sp³-hybridized carbons (Fsp3) is 0.0714. The van der Waals surface area contributed by atoms with Crippen LogP contribution in [0.25, 0.3) is 5.69 Å². The Bertz CT molecular complexity index is 643. The molecule has 2 heterocycles. The summed E-state index contributed by atoms with van der Waals surface area (Å²) >= 11 is 1.63. The minimum Gasteiger partial charge on any atom is -0.443 e. The molecule has 0 fully saturated rings. The number of para-hydroxylation sites is 1. The third-order valence-electron chi connectivity index (χ3n) is 2.51. The van der Waals surface area contributed by atoms with Crippen LogP contribution in [0.5, 0.6) is 10.8 Å². The summed E-state index contributed by atoms with van der Waals surface area (Å²) in [7, 11) is 0. The summed E-state index contributed by atoms with van der Waals surface area (Å²) < 4.78 is 7.54. The van der Waals surface area contributed by atoms with Crippen LogP contribution in [0.4, 0.5) is 0 Å². The Morgan fingerprint density at radius 2 is 1.94 bits per heavy atom. The summed E-state index contributed by atoms with van der Waals surface area (Å²) in [6.07, 6.45) is 3.60. The number of aryl methyl sites for hydroxylation is 1. The molecule has 0 radical (unpaired) electrons. The maximum atomic E-state index is 5.74. The zero-order valence-electron chi connectivity index (χ0n) is 9.91. The van der Waals surface area contributed by atoms with E-state index in [1.54, 1.807) is 22.2 Å². The number of benzene rings is 1. The second-order valence-electron chi connectivity index (χ2n) is 3.92. The Labute approximate surface area is 109 Å². The number of rotatable bonds is 3. The van der Waals surface area contributed by atoms with Gasteiger partial charge in [0.2, 0.25) is 0 Å². The van der Waals surface area contributed by atoms with Crippen molar-refractivity contribution >= 4 is 11.3 Å². The van der Waals surface area contributed by atoms with Crippen molar-refractivity contribution in [3.05, 3.63) is 59.7 Å². The minimum atomic E-state index is 0.751. The van der Waals surface area contributed by atoms with Crippen molar-refractivity contribution in [3.8, 4) is 16.5 Å². The van der Waals surface area contributed by atoms with Gasteiger partial charge in [-0.15, -0.1) is 11.3 Å². The predicted molar refractivity (Wildman–Crippen MR) is 72.7 cm³/mol. The first-order valence-electron chi connectivity index (χ1n) is 5.66. The predicted octanol–water partition coefficient (Wildman–Crippen LogP) is 4.03. The molecule has 18 heavy (non-hydrogen) atoms. The molecule has 0 unspecified atom stereocenters. The molecule has 0 N–H and O–H groups in total. The van der Waals surface area contributed by atoms with Crippen molar-refractivity contribution < 1.29 is 4.74 Å². The van der Waals surface area contributed by atoms with Crippen LogP contribution in [-0.4, -0.2) is 9.78 Å². The molecule has 1 aromatic carbocycles. The van der Waals surface area contributed by atoms with E-state index in [0.717, 1.165) is 16.5 Å². The van der Waals surface area contributed by atoms with E-state index < -0.39 is 0 Å². The third-order valence-corrected chi connectivity index (χ3v) is 3.39. The second-order valence-corrected chi connectivity index (χ2v) is 5.17. The smallest absolute Gasteiger partial charge is 0.181 e. The first kappa shape index (κ1) is 11.0. The highest BCUT2D eigenvalue weighted by molar-refractivity contribution is 7.13. The Hall–Kier alpha value is -2.07. The lowest BCUT2D eigenvalue weighted by molar-refractivity contribution is 0.496. The summed E-state index contributed by atoms with van der Waals surface area (Å²) in [5.74, 6) is 0.751. The van der Waals surface area contributed by atoms with Gasteiger partial charge in [-0.3, -0.25) is 0 Å². The Kier molecular flexibility index (Phi) is 2.86. The lowest BCUT2D eigenvalue weighted by atomic mass is 10.3. The van der Waals surface area contributed by atoms with Crippen LogP contribution in [-0.2, 0) is 0 Å². The molecule has 0 bridgehead atoms. The number of hydrogen-bond acceptors (Lipinski definition) is 3. The molecule has 0 amide bonds. The monoisotopic (exact) mass is 256 g/mol. The summed E-state index contributed by atoms with van der Waals surface area (Å²) in [6.45, 7) is 2.06.